The summed E-state index contributed by atoms with van der Waals surface area (Å²) in [7, 11) is 0. The van der Waals surface area contributed by atoms with E-state index in [1.807, 2.05) is 6.92 Å². The lowest BCUT2D eigenvalue weighted by molar-refractivity contribution is 0.349. The van der Waals surface area contributed by atoms with Crippen LogP contribution in [-0.2, 0) is 0 Å². The molecule has 1 aromatic rings. The van der Waals surface area contributed by atoms with Crippen molar-refractivity contribution in [1.29, 1.82) is 0 Å². The predicted octanol–water partition coefficient (Wildman–Crippen LogP) is 4.34. The largest absolute Gasteiger partial charge is 0.488 e. The molecule has 1 aromatic carbocycles. The van der Waals surface area contributed by atoms with Gasteiger partial charge in [-0.25, -0.2) is 0 Å². The normalized spacial score (nSPS) is 9.93. The van der Waals surface area contributed by atoms with E-state index in [-0.39, 0.29) is 0 Å². The maximum absolute atomic E-state index is 5.92. The van der Waals surface area contributed by atoms with Crippen LogP contribution >= 0.6 is 23.2 Å². The molecule has 0 bridgehead atoms. The van der Waals surface area contributed by atoms with Crippen molar-refractivity contribution in [3.63, 3.8) is 0 Å². The number of ether oxygens (including phenoxy) is 1. The minimum absolute atomic E-state index is 0.498. The molecule has 0 saturated carbocycles. The lowest BCUT2D eigenvalue weighted by Crippen LogP contribution is -1.99. The Hall–Kier alpha value is -0.660. The average molecular weight is 231 g/mol. The molecule has 0 atom stereocenters. The van der Waals surface area contributed by atoms with Crippen LogP contribution in [0.25, 0.3) is 0 Å². The third-order valence-corrected chi connectivity index (χ3v) is 2.36. The summed E-state index contributed by atoms with van der Waals surface area (Å²) in [6.45, 7) is 6.38. The van der Waals surface area contributed by atoms with Crippen molar-refractivity contribution in [2.45, 2.75) is 13.3 Å². The van der Waals surface area contributed by atoms with E-state index in [2.05, 4.69) is 6.58 Å². The lowest BCUT2D eigenvalue weighted by atomic mass is 10.2. The van der Waals surface area contributed by atoms with Crippen molar-refractivity contribution in [3.05, 3.63) is 40.4 Å². The summed E-state index contributed by atoms with van der Waals surface area (Å²) >= 11 is 11.7. The van der Waals surface area contributed by atoms with Crippen LogP contribution in [0.2, 0.25) is 10.0 Å². The van der Waals surface area contributed by atoms with Crippen molar-refractivity contribution in [2.75, 3.05) is 6.61 Å². The molecule has 0 fully saturated rings. The third kappa shape index (κ3) is 3.24. The monoisotopic (exact) mass is 230 g/mol. The van der Waals surface area contributed by atoms with Crippen molar-refractivity contribution < 1.29 is 4.74 Å². The van der Waals surface area contributed by atoms with Gasteiger partial charge in [-0.1, -0.05) is 36.7 Å². The van der Waals surface area contributed by atoms with Gasteiger partial charge in [0.1, 0.15) is 12.4 Å². The van der Waals surface area contributed by atoms with Gasteiger partial charge in [0.15, 0.2) is 0 Å². The number of hydrogen-bond acceptors (Lipinski definition) is 1. The molecule has 0 aliphatic heterocycles. The van der Waals surface area contributed by atoms with E-state index in [9.17, 15) is 0 Å². The molecule has 0 saturated heterocycles. The SMILES string of the molecule is C=C(CC)COc1ccc(Cl)cc1Cl. The van der Waals surface area contributed by atoms with Crippen LogP contribution in [0.5, 0.6) is 5.75 Å². The molecule has 0 spiro atoms. The molecular formula is C11H12Cl2O. The molecule has 0 N–H and O–H groups in total. The molecule has 0 aliphatic rings. The highest BCUT2D eigenvalue weighted by atomic mass is 35.5. The molecule has 0 aromatic heterocycles. The fourth-order valence-corrected chi connectivity index (χ4v) is 1.34. The van der Waals surface area contributed by atoms with Gasteiger partial charge < -0.3 is 4.74 Å². The average Bonchev–Trinajstić information content (AvgIpc) is 2.16. The van der Waals surface area contributed by atoms with E-state index in [1.165, 1.54) is 0 Å². The summed E-state index contributed by atoms with van der Waals surface area (Å²) in [5, 5.41) is 1.14. The molecular weight excluding hydrogens is 219 g/mol. The maximum atomic E-state index is 5.92. The van der Waals surface area contributed by atoms with E-state index >= 15 is 0 Å². The number of rotatable bonds is 4. The highest BCUT2D eigenvalue weighted by Gasteiger charge is 2.02. The summed E-state index contributed by atoms with van der Waals surface area (Å²) in [6, 6.07) is 5.16. The summed E-state index contributed by atoms with van der Waals surface area (Å²) in [5.41, 5.74) is 1.04. The number of benzene rings is 1. The van der Waals surface area contributed by atoms with Gasteiger partial charge in [-0.3, -0.25) is 0 Å². The van der Waals surface area contributed by atoms with Gasteiger partial charge in [0.2, 0.25) is 0 Å². The van der Waals surface area contributed by atoms with Crippen LogP contribution < -0.4 is 4.74 Å². The first kappa shape index (κ1) is 11.4. The summed E-state index contributed by atoms with van der Waals surface area (Å²) in [4.78, 5) is 0. The van der Waals surface area contributed by atoms with Gasteiger partial charge in [0.05, 0.1) is 5.02 Å². The Morgan fingerprint density at radius 2 is 2.14 bits per heavy atom. The molecule has 0 aliphatic carbocycles. The van der Waals surface area contributed by atoms with Gasteiger partial charge in [0, 0.05) is 5.02 Å². The summed E-state index contributed by atoms with van der Waals surface area (Å²) in [6.07, 6.45) is 0.908. The molecule has 3 heteroatoms. The molecule has 1 rings (SSSR count). The Labute approximate surface area is 94.3 Å². The topological polar surface area (TPSA) is 9.23 Å². The molecule has 76 valence electrons. The Bertz CT molecular complexity index is 334. The molecule has 14 heavy (non-hydrogen) atoms. The zero-order valence-corrected chi connectivity index (χ0v) is 9.53. The van der Waals surface area contributed by atoms with Crippen LogP contribution in [0.3, 0.4) is 0 Å². The second-order valence-electron chi connectivity index (χ2n) is 2.97. The van der Waals surface area contributed by atoms with Crippen molar-refractivity contribution in [3.8, 4) is 5.75 Å². The van der Waals surface area contributed by atoms with E-state index < -0.39 is 0 Å². The van der Waals surface area contributed by atoms with Gasteiger partial charge in [-0.05, 0) is 30.2 Å². The van der Waals surface area contributed by atoms with E-state index in [0.29, 0.717) is 22.4 Å². The van der Waals surface area contributed by atoms with Crippen LogP contribution in [0.4, 0.5) is 0 Å². The van der Waals surface area contributed by atoms with Crippen LogP contribution in [0.15, 0.2) is 30.4 Å². The quantitative estimate of drug-likeness (QED) is 0.700. The predicted molar refractivity (Wildman–Crippen MR) is 61.4 cm³/mol. The molecule has 0 radical (unpaired) electrons. The van der Waals surface area contributed by atoms with Gasteiger partial charge >= 0.3 is 0 Å². The van der Waals surface area contributed by atoms with Crippen LogP contribution in [0, 0.1) is 0 Å². The van der Waals surface area contributed by atoms with Crippen LogP contribution in [0.1, 0.15) is 13.3 Å². The lowest BCUT2D eigenvalue weighted by Gasteiger charge is -2.08. The van der Waals surface area contributed by atoms with Crippen molar-refractivity contribution >= 4 is 23.2 Å². The fraction of sp³-hybridized carbons (Fsp3) is 0.273. The Morgan fingerprint density at radius 3 is 2.71 bits per heavy atom. The fourth-order valence-electron chi connectivity index (χ4n) is 0.874. The second-order valence-corrected chi connectivity index (χ2v) is 3.81. The highest BCUT2D eigenvalue weighted by Crippen LogP contribution is 2.27. The van der Waals surface area contributed by atoms with Crippen molar-refractivity contribution in [2.24, 2.45) is 0 Å². The van der Waals surface area contributed by atoms with E-state index in [4.69, 9.17) is 27.9 Å². The first-order valence-corrected chi connectivity index (χ1v) is 5.13. The Morgan fingerprint density at radius 1 is 1.43 bits per heavy atom. The standard InChI is InChI=1S/C11H12Cl2O/c1-3-8(2)7-14-11-5-4-9(12)6-10(11)13/h4-6H,2-3,7H2,1H3. The Kier molecular flexibility index (Phi) is 4.30. The van der Waals surface area contributed by atoms with Gasteiger partial charge in [-0.15, -0.1) is 0 Å². The van der Waals surface area contributed by atoms with Gasteiger partial charge in [-0.2, -0.15) is 0 Å². The van der Waals surface area contributed by atoms with E-state index in [1.54, 1.807) is 18.2 Å². The first-order valence-electron chi connectivity index (χ1n) is 4.38. The highest BCUT2D eigenvalue weighted by molar-refractivity contribution is 6.35. The first-order chi connectivity index (χ1) is 6.63. The van der Waals surface area contributed by atoms with E-state index in [0.717, 1.165) is 12.0 Å². The molecule has 1 nitrogen and oxygen atoms in total. The van der Waals surface area contributed by atoms with Gasteiger partial charge in [0.25, 0.3) is 0 Å². The molecule has 0 heterocycles. The molecule has 0 unspecified atom stereocenters. The number of halogens is 2. The zero-order valence-electron chi connectivity index (χ0n) is 8.02. The smallest absolute Gasteiger partial charge is 0.138 e. The summed E-state index contributed by atoms with van der Waals surface area (Å²) < 4.78 is 5.45. The minimum atomic E-state index is 0.498. The minimum Gasteiger partial charge on any atom is -0.488 e. The third-order valence-electron chi connectivity index (χ3n) is 1.83. The second kappa shape index (κ2) is 5.28. The Balaban J connectivity index is 2.63. The number of hydrogen-bond donors (Lipinski definition) is 0. The maximum Gasteiger partial charge on any atom is 0.138 e. The van der Waals surface area contributed by atoms with Crippen LogP contribution in [-0.4, -0.2) is 6.61 Å². The molecule has 0 amide bonds. The van der Waals surface area contributed by atoms with Crippen molar-refractivity contribution in [1.82, 2.24) is 0 Å². The summed E-state index contributed by atoms with van der Waals surface area (Å²) in [5.74, 6) is 0.644. The zero-order chi connectivity index (χ0) is 10.6.